The summed E-state index contributed by atoms with van der Waals surface area (Å²) in [5.74, 6) is -1.24. The Kier molecular flexibility index (Phi) is 5.85. The van der Waals surface area contributed by atoms with Gasteiger partial charge in [0, 0.05) is 12.2 Å². The second-order valence-corrected chi connectivity index (χ2v) is 4.16. The first-order chi connectivity index (χ1) is 9.04. The fraction of sp³-hybridized carbons (Fsp3) is 0.429. The maximum atomic E-state index is 11.4. The second-order valence-electron chi connectivity index (χ2n) is 4.16. The third kappa shape index (κ3) is 4.99. The van der Waals surface area contributed by atoms with E-state index in [0.29, 0.717) is 13.2 Å². The Labute approximate surface area is 112 Å². The summed E-state index contributed by atoms with van der Waals surface area (Å²) in [7, 11) is 0. The van der Waals surface area contributed by atoms with E-state index in [9.17, 15) is 9.59 Å². The Bertz CT molecular complexity index is 445. The van der Waals surface area contributed by atoms with Gasteiger partial charge in [0.05, 0.1) is 13.0 Å². The molecule has 0 fully saturated rings. The van der Waals surface area contributed by atoms with E-state index in [2.05, 4.69) is 0 Å². The molecule has 0 unspecified atom stereocenters. The van der Waals surface area contributed by atoms with Crippen LogP contribution in [-0.4, -0.2) is 36.7 Å². The standard InChI is InChI=1S/C14H19NO4/c1-3-19-14(18)8-9-15(10-13(16)17)12-7-5-4-6-11(12)2/h4-7H,3,8-10H2,1-2H3,(H,16,17). The molecule has 1 N–H and O–H groups in total. The van der Waals surface area contributed by atoms with E-state index >= 15 is 0 Å². The Morgan fingerprint density at radius 1 is 1.32 bits per heavy atom. The highest BCUT2D eigenvalue weighted by molar-refractivity contribution is 5.75. The molecule has 0 aliphatic carbocycles. The Hall–Kier alpha value is -2.04. The number of para-hydroxylation sites is 1. The number of hydrogen-bond donors (Lipinski definition) is 1. The molecule has 1 rings (SSSR count). The van der Waals surface area contributed by atoms with Gasteiger partial charge in [-0.25, -0.2) is 0 Å². The normalized spacial score (nSPS) is 10.0. The molecule has 1 aromatic carbocycles. The van der Waals surface area contributed by atoms with Crippen LogP contribution < -0.4 is 4.90 Å². The van der Waals surface area contributed by atoms with E-state index in [1.165, 1.54) is 0 Å². The molecule has 0 bridgehead atoms. The number of carboxylic acids is 1. The summed E-state index contributed by atoms with van der Waals surface area (Å²) < 4.78 is 4.85. The minimum atomic E-state index is -0.924. The van der Waals surface area contributed by atoms with Crippen LogP contribution in [0.2, 0.25) is 0 Å². The summed E-state index contributed by atoms with van der Waals surface area (Å²) in [4.78, 5) is 23.9. The van der Waals surface area contributed by atoms with E-state index in [0.717, 1.165) is 11.3 Å². The number of rotatable bonds is 7. The van der Waals surface area contributed by atoms with Gasteiger partial charge in [-0.1, -0.05) is 18.2 Å². The van der Waals surface area contributed by atoms with Crippen molar-refractivity contribution in [1.29, 1.82) is 0 Å². The molecule has 0 atom stereocenters. The molecule has 0 heterocycles. The first-order valence-corrected chi connectivity index (χ1v) is 6.22. The number of aliphatic carboxylic acids is 1. The SMILES string of the molecule is CCOC(=O)CCN(CC(=O)O)c1ccccc1C. The molecular weight excluding hydrogens is 246 g/mol. The smallest absolute Gasteiger partial charge is 0.323 e. The van der Waals surface area contributed by atoms with E-state index < -0.39 is 5.97 Å². The quantitative estimate of drug-likeness (QED) is 0.762. The molecule has 0 saturated heterocycles. The average molecular weight is 265 g/mol. The van der Waals surface area contributed by atoms with Crippen molar-refractivity contribution < 1.29 is 19.4 Å². The van der Waals surface area contributed by atoms with Crippen molar-refractivity contribution in [1.82, 2.24) is 0 Å². The second kappa shape index (κ2) is 7.41. The van der Waals surface area contributed by atoms with Crippen molar-refractivity contribution in [2.24, 2.45) is 0 Å². The number of anilines is 1. The zero-order chi connectivity index (χ0) is 14.3. The number of carbonyl (C=O) groups is 2. The zero-order valence-electron chi connectivity index (χ0n) is 11.3. The molecule has 0 amide bonds. The van der Waals surface area contributed by atoms with Gasteiger partial charge in [-0.3, -0.25) is 9.59 Å². The van der Waals surface area contributed by atoms with Crippen LogP contribution in [0.1, 0.15) is 18.9 Å². The Morgan fingerprint density at radius 2 is 2.00 bits per heavy atom. The van der Waals surface area contributed by atoms with Crippen molar-refractivity contribution in [2.75, 3.05) is 24.6 Å². The van der Waals surface area contributed by atoms with Gasteiger partial charge in [-0.2, -0.15) is 0 Å². The highest BCUT2D eigenvalue weighted by Crippen LogP contribution is 2.19. The molecular formula is C14H19NO4. The van der Waals surface area contributed by atoms with Gasteiger partial charge in [0.2, 0.25) is 0 Å². The molecule has 0 aromatic heterocycles. The molecule has 19 heavy (non-hydrogen) atoms. The number of aryl methyl sites for hydroxylation is 1. The van der Waals surface area contributed by atoms with Gasteiger partial charge in [0.15, 0.2) is 0 Å². The van der Waals surface area contributed by atoms with Gasteiger partial charge >= 0.3 is 11.9 Å². The third-order valence-corrected chi connectivity index (χ3v) is 2.67. The molecule has 104 valence electrons. The summed E-state index contributed by atoms with van der Waals surface area (Å²) in [6, 6.07) is 7.50. The fourth-order valence-corrected chi connectivity index (χ4v) is 1.83. The fourth-order valence-electron chi connectivity index (χ4n) is 1.83. The summed E-state index contributed by atoms with van der Waals surface area (Å²) in [5.41, 5.74) is 1.81. The van der Waals surface area contributed by atoms with Crippen LogP contribution in [0.5, 0.6) is 0 Å². The number of benzene rings is 1. The lowest BCUT2D eigenvalue weighted by Crippen LogP contribution is -2.32. The van der Waals surface area contributed by atoms with Crippen LogP contribution in [0.4, 0.5) is 5.69 Å². The van der Waals surface area contributed by atoms with E-state index in [4.69, 9.17) is 9.84 Å². The molecule has 0 aliphatic rings. The van der Waals surface area contributed by atoms with E-state index in [-0.39, 0.29) is 18.9 Å². The van der Waals surface area contributed by atoms with Crippen molar-refractivity contribution in [3.05, 3.63) is 29.8 Å². The number of nitrogens with zero attached hydrogens (tertiary/aromatic N) is 1. The largest absolute Gasteiger partial charge is 0.480 e. The highest BCUT2D eigenvalue weighted by atomic mass is 16.5. The van der Waals surface area contributed by atoms with Gasteiger partial charge in [-0.05, 0) is 25.5 Å². The minimum Gasteiger partial charge on any atom is -0.480 e. The molecule has 0 aliphatic heterocycles. The van der Waals surface area contributed by atoms with Crippen LogP contribution >= 0.6 is 0 Å². The number of hydrogen-bond acceptors (Lipinski definition) is 4. The Morgan fingerprint density at radius 3 is 2.58 bits per heavy atom. The predicted octanol–water partition coefficient (Wildman–Crippen LogP) is 1.84. The van der Waals surface area contributed by atoms with Gasteiger partial charge in [0.1, 0.15) is 6.54 Å². The monoisotopic (exact) mass is 265 g/mol. The first-order valence-electron chi connectivity index (χ1n) is 6.22. The highest BCUT2D eigenvalue weighted by Gasteiger charge is 2.14. The third-order valence-electron chi connectivity index (χ3n) is 2.67. The van der Waals surface area contributed by atoms with Crippen molar-refractivity contribution in [3.8, 4) is 0 Å². The topological polar surface area (TPSA) is 66.8 Å². The van der Waals surface area contributed by atoms with Crippen LogP contribution in [0, 0.1) is 6.92 Å². The molecule has 0 radical (unpaired) electrons. The van der Waals surface area contributed by atoms with E-state index in [1.54, 1.807) is 11.8 Å². The maximum Gasteiger partial charge on any atom is 0.323 e. The Balaban J connectivity index is 2.75. The van der Waals surface area contributed by atoms with Crippen LogP contribution in [0.3, 0.4) is 0 Å². The molecule has 0 saturated carbocycles. The van der Waals surface area contributed by atoms with E-state index in [1.807, 2.05) is 31.2 Å². The van der Waals surface area contributed by atoms with Gasteiger partial charge in [-0.15, -0.1) is 0 Å². The lowest BCUT2D eigenvalue weighted by Gasteiger charge is -2.24. The van der Waals surface area contributed by atoms with Gasteiger partial charge in [0.25, 0.3) is 0 Å². The lowest BCUT2D eigenvalue weighted by molar-refractivity contribution is -0.143. The lowest BCUT2D eigenvalue weighted by atomic mass is 10.1. The van der Waals surface area contributed by atoms with Crippen molar-refractivity contribution in [2.45, 2.75) is 20.3 Å². The summed E-state index contributed by atoms with van der Waals surface area (Å²) in [6.07, 6.45) is 0.176. The minimum absolute atomic E-state index is 0.135. The number of ether oxygens (including phenoxy) is 1. The summed E-state index contributed by atoms with van der Waals surface area (Å²) in [5, 5.41) is 8.95. The van der Waals surface area contributed by atoms with Crippen LogP contribution in [0.15, 0.2) is 24.3 Å². The zero-order valence-corrected chi connectivity index (χ0v) is 11.3. The molecule has 5 nitrogen and oxygen atoms in total. The summed E-state index contributed by atoms with van der Waals surface area (Å²) in [6.45, 7) is 4.19. The van der Waals surface area contributed by atoms with Crippen molar-refractivity contribution >= 4 is 17.6 Å². The van der Waals surface area contributed by atoms with Crippen molar-refractivity contribution in [3.63, 3.8) is 0 Å². The van der Waals surface area contributed by atoms with Crippen LogP contribution in [0.25, 0.3) is 0 Å². The predicted molar refractivity (Wildman–Crippen MR) is 72.3 cm³/mol. The van der Waals surface area contributed by atoms with Gasteiger partial charge < -0.3 is 14.7 Å². The molecule has 1 aromatic rings. The maximum absolute atomic E-state index is 11.4. The average Bonchev–Trinajstić information content (AvgIpc) is 2.35. The molecule has 0 spiro atoms. The number of carbonyl (C=O) groups excluding carboxylic acids is 1. The number of carboxylic acid groups (broad SMARTS) is 1. The molecule has 5 heteroatoms. The van der Waals surface area contributed by atoms with Crippen LogP contribution in [-0.2, 0) is 14.3 Å². The summed E-state index contributed by atoms with van der Waals surface area (Å²) >= 11 is 0. The number of esters is 1. The first kappa shape index (κ1) is 15.0.